The van der Waals surface area contributed by atoms with Crippen molar-refractivity contribution in [2.24, 2.45) is 11.3 Å². The second kappa shape index (κ2) is 8.64. The molecule has 3 amide bonds. The van der Waals surface area contributed by atoms with Gasteiger partial charge >= 0.3 is 6.18 Å². The molecular formula is C33H23F3N2O3. The van der Waals surface area contributed by atoms with E-state index in [4.69, 9.17) is 0 Å². The van der Waals surface area contributed by atoms with Gasteiger partial charge in [0.15, 0.2) is 0 Å². The summed E-state index contributed by atoms with van der Waals surface area (Å²) in [6, 6.07) is 26.4. The average Bonchev–Trinajstić information content (AvgIpc) is 3.17. The van der Waals surface area contributed by atoms with Crippen LogP contribution in [-0.4, -0.2) is 17.7 Å². The predicted octanol–water partition coefficient (Wildman–Crippen LogP) is 6.74. The number of rotatable bonds is 3. The topological polar surface area (TPSA) is 66.5 Å². The van der Waals surface area contributed by atoms with Crippen molar-refractivity contribution in [1.29, 1.82) is 0 Å². The molecule has 8 rings (SSSR count). The van der Waals surface area contributed by atoms with Crippen LogP contribution in [0.25, 0.3) is 0 Å². The third-order valence-corrected chi connectivity index (χ3v) is 8.88. The number of benzene rings is 4. The molecule has 1 aliphatic heterocycles. The van der Waals surface area contributed by atoms with Crippen LogP contribution in [0, 0.1) is 11.3 Å². The van der Waals surface area contributed by atoms with Crippen LogP contribution in [0.4, 0.5) is 24.5 Å². The monoisotopic (exact) mass is 552 g/mol. The molecule has 5 nitrogen and oxygen atoms in total. The highest BCUT2D eigenvalue weighted by Gasteiger charge is 2.69. The number of hydrogen-bond acceptors (Lipinski definition) is 3. The Balaban J connectivity index is 1.33. The van der Waals surface area contributed by atoms with Gasteiger partial charge in [0.2, 0.25) is 11.8 Å². The van der Waals surface area contributed by atoms with Gasteiger partial charge in [-0.3, -0.25) is 14.4 Å². The van der Waals surface area contributed by atoms with Crippen molar-refractivity contribution < 1.29 is 27.6 Å². The van der Waals surface area contributed by atoms with Crippen molar-refractivity contribution in [3.8, 4) is 0 Å². The number of imide groups is 1. The number of alkyl halides is 3. The number of para-hydroxylation sites is 2. The standard InChI is InChI=1S/C33H23F3N2O3/c1-32-27-20-12-4-2-10-18(20)26(19-11-3-5-13-21(19)27)28(32)30(40)38(31(32)41)25-17-9-6-14-22(25)29(39)37-24-16-8-7-15-23(24)33(34,35)36/h2-17,26-28H,1H3,(H,37,39)/t26?,27?,28-,32+/m1/s1. The molecular weight excluding hydrogens is 529 g/mol. The maximum Gasteiger partial charge on any atom is 0.418 e. The largest absolute Gasteiger partial charge is 0.418 e. The van der Waals surface area contributed by atoms with Crippen molar-refractivity contribution in [2.45, 2.75) is 24.9 Å². The summed E-state index contributed by atoms with van der Waals surface area (Å²) >= 11 is 0. The van der Waals surface area contributed by atoms with Crippen LogP contribution in [0.5, 0.6) is 0 Å². The molecule has 4 aromatic rings. The summed E-state index contributed by atoms with van der Waals surface area (Å²) in [5.74, 6) is -3.13. The summed E-state index contributed by atoms with van der Waals surface area (Å²) in [6.45, 7) is 1.82. The maximum atomic E-state index is 14.4. The van der Waals surface area contributed by atoms with Gasteiger partial charge in [0.25, 0.3) is 5.91 Å². The molecule has 2 bridgehead atoms. The summed E-state index contributed by atoms with van der Waals surface area (Å²) in [4.78, 5) is 43.3. The Morgan fingerprint density at radius 1 is 0.780 bits per heavy atom. The fraction of sp³-hybridized carbons (Fsp3) is 0.182. The fourth-order valence-electron chi connectivity index (χ4n) is 7.23. The summed E-state index contributed by atoms with van der Waals surface area (Å²) in [6.07, 6.45) is -4.68. The minimum Gasteiger partial charge on any atom is -0.321 e. The lowest BCUT2D eigenvalue weighted by Crippen LogP contribution is -2.49. The number of amides is 3. The Bertz CT molecular complexity index is 1730. The Morgan fingerprint density at radius 2 is 1.32 bits per heavy atom. The van der Waals surface area contributed by atoms with Crippen molar-refractivity contribution in [3.05, 3.63) is 130 Å². The molecule has 0 radical (unpaired) electrons. The number of carbonyl (C=O) groups is 3. The third-order valence-electron chi connectivity index (χ3n) is 8.88. The first-order chi connectivity index (χ1) is 19.6. The van der Waals surface area contributed by atoms with Crippen LogP contribution < -0.4 is 10.2 Å². The SMILES string of the molecule is C[C@@]12C(=O)N(c3ccccc3C(=O)Nc3ccccc3C(F)(F)F)C(=O)[C@H]1C1c3ccccc3C2c2ccccc21. The van der Waals surface area contributed by atoms with Crippen LogP contribution in [0.15, 0.2) is 97.1 Å². The molecule has 4 aliphatic rings. The summed E-state index contributed by atoms with van der Waals surface area (Å²) < 4.78 is 40.8. The molecule has 8 heteroatoms. The van der Waals surface area contributed by atoms with Gasteiger partial charge in [-0.2, -0.15) is 13.2 Å². The third kappa shape index (κ3) is 3.40. The molecule has 2 atom stereocenters. The Kier molecular flexibility index (Phi) is 5.32. The van der Waals surface area contributed by atoms with E-state index in [1.54, 1.807) is 12.1 Å². The van der Waals surface area contributed by atoms with E-state index in [0.717, 1.165) is 39.3 Å². The summed E-state index contributed by atoms with van der Waals surface area (Å²) in [5, 5.41) is 2.35. The lowest BCUT2D eigenvalue weighted by Gasteiger charge is -2.51. The minimum atomic E-state index is -4.68. The molecule has 0 saturated carbocycles. The van der Waals surface area contributed by atoms with E-state index < -0.39 is 46.5 Å². The Hall–Kier alpha value is -4.72. The highest BCUT2D eigenvalue weighted by Crippen LogP contribution is 2.67. The van der Waals surface area contributed by atoms with E-state index in [-0.39, 0.29) is 23.1 Å². The number of hydrogen-bond donors (Lipinski definition) is 1. The van der Waals surface area contributed by atoms with Crippen molar-refractivity contribution in [2.75, 3.05) is 10.2 Å². The first kappa shape index (κ1) is 25.3. The van der Waals surface area contributed by atoms with Crippen molar-refractivity contribution >= 4 is 29.1 Å². The van der Waals surface area contributed by atoms with Gasteiger partial charge in [0.05, 0.1) is 33.8 Å². The molecule has 0 spiro atoms. The molecule has 1 N–H and O–H groups in total. The van der Waals surface area contributed by atoms with E-state index in [1.807, 2.05) is 55.5 Å². The van der Waals surface area contributed by atoms with Crippen LogP contribution in [0.1, 0.15) is 56.9 Å². The van der Waals surface area contributed by atoms with Gasteiger partial charge in [-0.25, -0.2) is 4.90 Å². The van der Waals surface area contributed by atoms with Crippen molar-refractivity contribution in [1.82, 2.24) is 0 Å². The van der Waals surface area contributed by atoms with Crippen molar-refractivity contribution in [3.63, 3.8) is 0 Å². The van der Waals surface area contributed by atoms with Gasteiger partial charge in [0.1, 0.15) is 0 Å². The van der Waals surface area contributed by atoms with Crippen LogP contribution in [-0.2, 0) is 15.8 Å². The molecule has 3 aliphatic carbocycles. The van der Waals surface area contributed by atoms with Gasteiger partial charge in [-0.1, -0.05) is 72.8 Å². The number of halogens is 3. The van der Waals surface area contributed by atoms with E-state index in [1.165, 1.54) is 24.3 Å². The second-order valence-electron chi connectivity index (χ2n) is 10.9. The Labute approximate surface area is 233 Å². The normalized spacial score (nSPS) is 24.1. The first-order valence-electron chi connectivity index (χ1n) is 13.3. The maximum absolute atomic E-state index is 14.4. The van der Waals surface area contributed by atoms with Crippen LogP contribution in [0.3, 0.4) is 0 Å². The number of anilines is 2. The Morgan fingerprint density at radius 3 is 1.95 bits per heavy atom. The number of nitrogens with zero attached hydrogens (tertiary/aromatic N) is 1. The highest BCUT2D eigenvalue weighted by atomic mass is 19.4. The number of nitrogens with one attached hydrogen (secondary N) is 1. The zero-order chi connectivity index (χ0) is 28.7. The molecule has 0 unspecified atom stereocenters. The zero-order valence-electron chi connectivity index (χ0n) is 21.8. The summed E-state index contributed by atoms with van der Waals surface area (Å²) in [7, 11) is 0. The highest BCUT2D eigenvalue weighted by molar-refractivity contribution is 6.27. The number of carbonyl (C=O) groups excluding carboxylic acids is 3. The van der Waals surface area contributed by atoms with E-state index >= 15 is 0 Å². The minimum absolute atomic E-state index is 0.0487. The van der Waals surface area contributed by atoms with E-state index in [9.17, 15) is 27.6 Å². The zero-order valence-corrected chi connectivity index (χ0v) is 21.8. The van der Waals surface area contributed by atoms with Gasteiger partial charge in [-0.05, 0) is 53.4 Å². The van der Waals surface area contributed by atoms with Gasteiger partial charge in [0, 0.05) is 11.8 Å². The lowest BCUT2D eigenvalue weighted by atomic mass is 9.48. The van der Waals surface area contributed by atoms with Gasteiger partial charge < -0.3 is 5.32 Å². The smallest absolute Gasteiger partial charge is 0.321 e. The van der Waals surface area contributed by atoms with Crippen LogP contribution >= 0.6 is 0 Å². The molecule has 4 aromatic carbocycles. The fourth-order valence-corrected chi connectivity index (χ4v) is 7.23. The molecule has 204 valence electrons. The second-order valence-corrected chi connectivity index (χ2v) is 10.9. The van der Waals surface area contributed by atoms with E-state index in [0.29, 0.717) is 0 Å². The average molecular weight is 553 g/mol. The summed E-state index contributed by atoms with van der Waals surface area (Å²) in [5.41, 5.74) is 1.49. The molecule has 1 heterocycles. The molecule has 1 fully saturated rings. The van der Waals surface area contributed by atoms with Gasteiger partial charge in [-0.15, -0.1) is 0 Å². The predicted molar refractivity (Wildman–Crippen MR) is 146 cm³/mol. The molecule has 0 aromatic heterocycles. The molecule has 1 saturated heterocycles. The van der Waals surface area contributed by atoms with Crippen LogP contribution in [0.2, 0.25) is 0 Å². The molecule has 41 heavy (non-hydrogen) atoms. The first-order valence-corrected chi connectivity index (χ1v) is 13.3. The lowest BCUT2D eigenvalue weighted by molar-refractivity contribution is -0.137. The quantitative estimate of drug-likeness (QED) is 0.286. The van der Waals surface area contributed by atoms with E-state index in [2.05, 4.69) is 5.32 Å².